The third-order valence-corrected chi connectivity index (χ3v) is 8.25. The van der Waals surface area contributed by atoms with Crippen LogP contribution < -0.4 is 9.73 Å². The lowest BCUT2D eigenvalue weighted by molar-refractivity contribution is -0.119. The number of hydrogen-bond acceptors (Lipinski definition) is 4. The number of anilines is 1. The van der Waals surface area contributed by atoms with Gasteiger partial charge in [-0.25, -0.2) is 13.8 Å². The molecule has 6 nitrogen and oxygen atoms in total. The Morgan fingerprint density at radius 3 is 2.05 bits per heavy atom. The van der Waals surface area contributed by atoms with E-state index in [0.717, 1.165) is 37.0 Å². The molecule has 1 amide bonds. The first-order chi connectivity index (χ1) is 18.3. The first kappa shape index (κ1) is 25.4. The molecule has 0 aliphatic carbocycles. The van der Waals surface area contributed by atoms with Crippen LogP contribution in [0.5, 0.6) is 0 Å². The van der Waals surface area contributed by atoms with Crippen LogP contribution >= 0.6 is 11.6 Å². The van der Waals surface area contributed by atoms with Crippen molar-refractivity contribution in [2.75, 3.05) is 10.8 Å². The van der Waals surface area contributed by atoms with Gasteiger partial charge >= 0.3 is 0 Å². The maximum Gasteiger partial charge on any atom is 0.264 e. The van der Waals surface area contributed by atoms with Crippen molar-refractivity contribution in [1.82, 2.24) is 5.43 Å². The summed E-state index contributed by atoms with van der Waals surface area (Å²) in [6.07, 6.45) is 1.60. The molecule has 0 aromatic heterocycles. The highest BCUT2D eigenvalue weighted by molar-refractivity contribution is 7.92. The van der Waals surface area contributed by atoms with Gasteiger partial charge in [-0.3, -0.25) is 9.10 Å². The van der Waals surface area contributed by atoms with Crippen molar-refractivity contribution in [3.05, 3.63) is 119 Å². The highest BCUT2D eigenvalue weighted by atomic mass is 35.5. The van der Waals surface area contributed by atoms with E-state index in [0.29, 0.717) is 10.7 Å². The van der Waals surface area contributed by atoms with Crippen molar-refractivity contribution in [2.45, 2.75) is 11.8 Å². The molecule has 0 radical (unpaired) electrons. The topological polar surface area (TPSA) is 78.8 Å². The van der Waals surface area contributed by atoms with Crippen molar-refractivity contribution in [3.8, 4) is 0 Å². The number of nitrogens with zero attached hydrogens (tertiary/aromatic N) is 2. The summed E-state index contributed by atoms with van der Waals surface area (Å²) in [6.45, 7) is 1.41. The second-order valence-electron chi connectivity index (χ2n) is 8.83. The van der Waals surface area contributed by atoms with E-state index in [-0.39, 0.29) is 4.90 Å². The second-order valence-corrected chi connectivity index (χ2v) is 11.1. The fourth-order valence-electron chi connectivity index (χ4n) is 4.28. The average molecular weight is 542 g/mol. The minimum atomic E-state index is -4.04. The van der Waals surface area contributed by atoms with E-state index in [1.807, 2.05) is 55.5 Å². The molecule has 0 heterocycles. The normalized spacial score (nSPS) is 11.7. The number of amides is 1. The van der Waals surface area contributed by atoms with Gasteiger partial charge in [-0.1, -0.05) is 77.8 Å². The lowest BCUT2D eigenvalue weighted by Crippen LogP contribution is -2.39. The Bertz CT molecular complexity index is 1710. The monoisotopic (exact) mass is 541 g/mol. The number of hydrazone groups is 1. The molecular formula is C30H24ClN3O3S. The Labute approximate surface area is 226 Å². The van der Waals surface area contributed by atoms with Gasteiger partial charge < -0.3 is 0 Å². The van der Waals surface area contributed by atoms with Crippen LogP contribution in [-0.2, 0) is 14.8 Å². The van der Waals surface area contributed by atoms with Gasteiger partial charge in [0.2, 0.25) is 0 Å². The van der Waals surface area contributed by atoms with Crippen LogP contribution in [0.25, 0.3) is 21.5 Å². The van der Waals surface area contributed by atoms with Crippen LogP contribution in [0.1, 0.15) is 11.1 Å². The summed E-state index contributed by atoms with van der Waals surface area (Å²) in [5.41, 5.74) is 4.61. The first-order valence-electron chi connectivity index (χ1n) is 11.9. The smallest absolute Gasteiger partial charge is 0.264 e. The lowest BCUT2D eigenvalue weighted by atomic mass is 9.97. The summed E-state index contributed by atoms with van der Waals surface area (Å²) in [7, 11) is -4.04. The first-order valence-corrected chi connectivity index (χ1v) is 13.7. The zero-order chi connectivity index (χ0) is 26.7. The van der Waals surface area contributed by atoms with E-state index in [2.05, 4.69) is 16.6 Å². The number of sulfonamides is 1. The van der Waals surface area contributed by atoms with Gasteiger partial charge in [0.15, 0.2) is 0 Å². The predicted molar refractivity (Wildman–Crippen MR) is 154 cm³/mol. The van der Waals surface area contributed by atoms with E-state index in [4.69, 9.17) is 11.6 Å². The van der Waals surface area contributed by atoms with Crippen molar-refractivity contribution >= 4 is 61.0 Å². The number of rotatable bonds is 7. The third-order valence-electron chi connectivity index (χ3n) is 6.21. The predicted octanol–water partition coefficient (Wildman–Crippen LogP) is 6.30. The number of carbonyl (C=O) groups excluding carboxylic acids is 1. The van der Waals surface area contributed by atoms with E-state index in [1.54, 1.807) is 42.6 Å². The molecule has 5 aromatic rings. The Hall–Kier alpha value is -4.20. The highest BCUT2D eigenvalue weighted by Crippen LogP contribution is 2.28. The van der Waals surface area contributed by atoms with Crippen molar-refractivity contribution in [2.24, 2.45) is 5.10 Å². The minimum absolute atomic E-state index is 0.0802. The van der Waals surface area contributed by atoms with Crippen LogP contribution in [0.4, 0.5) is 5.69 Å². The number of halogens is 1. The highest BCUT2D eigenvalue weighted by Gasteiger charge is 2.27. The van der Waals surface area contributed by atoms with Gasteiger partial charge in [0.05, 0.1) is 16.8 Å². The molecule has 190 valence electrons. The Morgan fingerprint density at radius 1 is 0.868 bits per heavy atom. The van der Waals surface area contributed by atoms with Gasteiger partial charge in [-0.2, -0.15) is 5.10 Å². The summed E-state index contributed by atoms with van der Waals surface area (Å²) < 4.78 is 28.1. The van der Waals surface area contributed by atoms with E-state index in [1.165, 1.54) is 12.1 Å². The van der Waals surface area contributed by atoms with Crippen LogP contribution in [0.3, 0.4) is 0 Å². The van der Waals surface area contributed by atoms with E-state index in [9.17, 15) is 13.2 Å². The fourth-order valence-corrected chi connectivity index (χ4v) is 5.83. The lowest BCUT2D eigenvalue weighted by Gasteiger charge is -2.23. The van der Waals surface area contributed by atoms with Crippen LogP contribution in [0.15, 0.2) is 113 Å². The zero-order valence-corrected chi connectivity index (χ0v) is 22.1. The van der Waals surface area contributed by atoms with Crippen molar-refractivity contribution < 1.29 is 13.2 Å². The maximum atomic E-state index is 13.5. The van der Waals surface area contributed by atoms with Gasteiger partial charge in [-0.05, 0) is 70.9 Å². The standard InChI is InChI=1S/C30H24ClN3O3S/c1-21-10-16-26(17-11-21)38(36,37)34(25-14-12-24(31)13-15-25)20-30(35)33-32-19-29-27-8-4-2-6-22(27)18-23-7-3-5-9-28(23)29/h2-19H,20H2,1H3,(H,33,35)/b32-19-. The maximum absolute atomic E-state index is 13.5. The van der Waals surface area contributed by atoms with Gasteiger partial charge in [0.25, 0.3) is 15.9 Å². The molecule has 0 unspecified atom stereocenters. The quantitative estimate of drug-likeness (QED) is 0.149. The van der Waals surface area contributed by atoms with Crippen molar-refractivity contribution in [1.29, 1.82) is 0 Å². The largest absolute Gasteiger partial charge is 0.271 e. The molecule has 0 spiro atoms. The molecule has 38 heavy (non-hydrogen) atoms. The molecule has 0 saturated heterocycles. The number of carbonyl (C=O) groups is 1. The molecule has 8 heteroatoms. The number of nitrogens with one attached hydrogen (secondary N) is 1. The molecule has 0 bridgehead atoms. The number of aryl methyl sites for hydroxylation is 1. The fraction of sp³-hybridized carbons (Fsp3) is 0.0667. The summed E-state index contributed by atoms with van der Waals surface area (Å²) >= 11 is 6.01. The molecule has 5 aromatic carbocycles. The summed E-state index contributed by atoms with van der Waals surface area (Å²) in [5.74, 6) is -0.587. The third kappa shape index (κ3) is 5.25. The Kier molecular flexibility index (Phi) is 7.13. The summed E-state index contributed by atoms with van der Waals surface area (Å²) in [6, 6.07) is 30.8. The molecule has 0 saturated carbocycles. The number of hydrogen-bond donors (Lipinski definition) is 1. The molecule has 0 fully saturated rings. The van der Waals surface area contributed by atoms with Crippen LogP contribution in [-0.4, -0.2) is 27.1 Å². The van der Waals surface area contributed by atoms with Crippen LogP contribution in [0, 0.1) is 6.92 Å². The molecular weight excluding hydrogens is 518 g/mol. The summed E-state index contributed by atoms with van der Waals surface area (Å²) in [5, 5.41) is 8.75. The minimum Gasteiger partial charge on any atom is -0.271 e. The number of benzene rings is 5. The SMILES string of the molecule is Cc1ccc(S(=O)(=O)N(CC(=O)N/N=C\c2c3ccccc3cc3ccccc23)c2ccc(Cl)cc2)cc1. The molecule has 1 N–H and O–H groups in total. The van der Waals surface area contributed by atoms with Gasteiger partial charge in [0, 0.05) is 10.6 Å². The summed E-state index contributed by atoms with van der Waals surface area (Å²) in [4.78, 5) is 13.1. The van der Waals surface area contributed by atoms with Gasteiger partial charge in [0.1, 0.15) is 6.54 Å². The zero-order valence-electron chi connectivity index (χ0n) is 20.5. The number of fused-ring (bicyclic) bond motifs is 2. The van der Waals surface area contributed by atoms with Crippen molar-refractivity contribution in [3.63, 3.8) is 0 Å². The van der Waals surface area contributed by atoms with E-state index < -0.39 is 22.5 Å². The molecule has 0 aliphatic heterocycles. The average Bonchev–Trinajstić information content (AvgIpc) is 2.92. The van der Waals surface area contributed by atoms with E-state index >= 15 is 0 Å². The molecule has 0 aliphatic rings. The van der Waals surface area contributed by atoms with Gasteiger partial charge in [-0.15, -0.1) is 0 Å². The second kappa shape index (κ2) is 10.7. The molecule has 0 atom stereocenters. The molecule has 5 rings (SSSR count). The Morgan fingerprint density at radius 2 is 1.45 bits per heavy atom. The Balaban J connectivity index is 1.44. The van der Waals surface area contributed by atoms with Crippen LogP contribution in [0.2, 0.25) is 5.02 Å².